The number of carbonyl (C=O) groups excluding carboxylic acids is 2. The van der Waals surface area contributed by atoms with Crippen LogP contribution >= 0.6 is 0 Å². The second-order valence-corrected chi connectivity index (χ2v) is 11.5. The van der Waals surface area contributed by atoms with Crippen LogP contribution in [0, 0.1) is 11.8 Å². The molecule has 0 radical (unpaired) electrons. The molecule has 6 unspecified atom stereocenters. The van der Waals surface area contributed by atoms with Crippen molar-refractivity contribution in [3.8, 4) is 0 Å². The number of amides is 2. The maximum absolute atomic E-state index is 13.6. The van der Waals surface area contributed by atoms with Gasteiger partial charge in [0.05, 0.1) is 30.6 Å². The maximum Gasteiger partial charge on any atom is 0.225 e. The summed E-state index contributed by atoms with van der Waals surface area (Å²) in [5, 5.41) is 3.21. The van der Waals surface area contributed by atoms with Gasteiger partial charge in [-0.3, -0.25) is 9.59 Å². The molecular weight excluding hydrogens is 466 g/mol. The minimum Gasteiger partial charge on any atom is -0.379 e. The van der Waals surface area contributed by atoms with Crippen molar-refractivity contribution in [3.05, 3.63) is 35.9 Å². The fraction of sp³-hybridized carbons (Fsp3) is 0.733. The van der Waals surface area contributed by atoms with Crippen molar-refractivity contribution in [2.75, 3.05) is 41.4 Å². The molecule has 1 aromatic rings. The molecule has 1 N–H and O–H groups in total. The average molecular weight is 516 g/mol. The zero-order chi connectivity index (χ0) is 27.2. The van der Waals surface area contributed by atoms with Crippen LogP contribution in [0.4, 0.5) is 0 Å². The van der Waals surface area contributed by atoms with Gasteiger partial charge in [-0.15, -0.1) is 0 Å². The summed E-state index contributed by atoms with van der Waals surface area (Å²) in [4.78, 5) is 30.9. The molecule has 7 heteroatoms. The lowest BCUT2D eigenvalue weighted by Gasteiger charge is -2.38. The summed E-state index contributed by atoms with van der Waals surface area (Å²) in [5.41, 5.74) is 1.35. The molecule has 0 aromatic heterocycles. The minimum absolute atomic E-state index is 0.00688. The molecule has 0 bridgehead atoms. The van der Waals surface area contributed by atoms with E-state index in [0.29, 0.717) is 25.4 Å². The van der Waals surface area contributed by atoms with Crippen LogP contribution in [0.15, 0.2) is 30.3 Å². The molecule has 1 saturated heterocycles. The third-order valence-corrected chi connectivity index (χ3v) is 8.90. The Labute approximate surface area is 224 Å². The van der Waals surface area contributed by atoms with Gasteiger partial charge in [-0.05, 0) is 51.3 Å². The number of methoxy groups -OCH3 is 2. The normalized spacial score (nSPS) is 22.8. The molecule has 2 fully saturated rings. The summed E-state index contributed by atoms with van der Waals surface area (Å²) >= 11 is 0. The van der Waals surface area contributed by atoms with Crippen LogP contribution in [0.3, 0.4) is 0 Å². The van der Waals surface area contributed by atoms with E-state index >= 15 is 0 Å². The number of hydrogen-bond acceptors (Lipinski definition) is 5. The Bertz CT molecular complexity index is 873. The van der Waals surface area contributed by atoms with Gasteiger partial charge in [0.25, 0.3) is 0 Å². The van der Waals surface area contributed by atoms with Crippen LogP contribution in [0.1, 0.15) is 64.9 Å². The van der Waals surface area contributed by atoms with Crippen LogP contribution in [0.25, 0.3) is 0 Å². The van der Waals surface area contributed by atoms with E-state index in [0.717, 1.165) is 32.1 Å². The number of nitrogens with zero attached hydrogens (tertiary/aromatic N) is 2. The molecule has 1 aliphatic heterocycles. The lowest BCUT2D eigenvalue weighted by molar-refractivity contribution is -0.142. The quantitative estimate of drug-likeness (QED) is 0.408. The molecular formula is C30H49N3O4. The molecule has 1 aromatic carbocycles. The van der Waals surface area contributed by atoms with Gasteiger partial charge in [0.15, 0.2) is 0 Å². The largest absolute Gasteiger partial charge is 0.379 e. The summed E-state index contributed by atoms with van der Waals surface area (Å²) in [7, 11) is 7.46. The first-order valence-corrected chi connectivity index (χ1v) is 14.0. The molecule has 0 spiro atoms. The fourth-order valence-electron chi connectivity index (χ4n) is 6.30. The fourth-order valence-corrected chi connectivity index (χ4v) is 6.30. The number of likely N-dealkylation sites (tertiary alicyclic amines) is 1. The van der Waals surface area contributed by atoms with E-state index in [1.165, 1.54) is 5.56 Å². The zero-order valence-electron chi connectivity index (χ0n) is 24.0. The number of rotatable bonds is 14. The van der Waals surface area contributed by atoms with Crippen molar-refractivity contribution in [3.63, 3.8) is 0 Å². The van der Waals surface area contributed by atoms with Gasteiger partial charge in [-0.25, -0.2) is 0 Å². The highest BCUT2D eigenvalue weighted by Crippen LogP contribution is 2.47. The molecule has 1 heterocycles. The van der Waals surface area contributed by atoms with Gasteiger partial charge in [-0.2, -0.15) is 0 Å². The SMILES string of the molecule is CCC(C)C(C(CC(=O)N1CCCC1C(OC)C(C)C(=O)NCC1(c2ccccc2)CC1)OC)N(C)C. The highest BCUT2D eigenvalue weighted by atomic mass is 16.5. The Morgan fingerprint density at radius 2 is 1.81 bits per heavy atom. The molecule has 6 atom stereocenters. The summed E-state index contributed by atoms with van der Waals surface area (Å²) in [6.45, 7) is 7.65. The molecule has 1 saturated carbocycles. The van der Waals surface area contributed by atoms with E-state index in [1.54, 1.807) is 14.2 Å². The predicted molar refractivity (Wildman–Crippen MR) is 147 cm³/mol. The van der Waals surface area contributed by atoms with Crippen molar-refractivity contribution >= 4 is 11.8 Å². The standard InChI is InChI=1S/C30H49N3O4/c1-8-21(2)27(32(4)5)25(36-6)19-26(34)33-18-12-15-24(33)28(37-7)22(3)29(35)31-20-30(16-17-30)23-13-10-9-11-14-23/h9-11,13-14,21-22,24-25,27-28H,8,12,15-20H2,1-7H3,(H,31,35). The van der Waals surface area contributed by atoms with Crippen LogP contribution in [0.5, 0.6) is 0 Å². The molecule has 2 aliphatic rings. The first kappa shape index (κ1) is 29.6. The number of benzene rings is 1. The lowest BCUT2D eigenvalue weighted by atomic mass is 9.90. The molecule has 208 valence electrons. The molecule has 2 amide bonds. The third kappa shape index (κ3) is 6.92. The van der Waals surface area contributed by atoms with Crippen molar-refractivity contribution in [1.29, 1.82) is 0 Å². The first-order valence-electron chi connectivity index (χ1n) is 14.0. The number of hydrogen-bond donors (Lipinski definition) is 1. The Kier molecular flexibility index (Phi) is 10.6. The van der Waals surface area contributed by atoms with Crippen molar-refractivity contribution < 1.29 is 19.1 Å². The van der Waals surface area contributed by atoms with Gasteiger partial charge in [-0.1, -0.05) is 57.5 Å². The Morgan fingerprint density at radius 3 is 2.35 bits per heavy atom. The van der Waals surface area contributed by atoms with E-state index in [9.17, 15) is 9.59 Å². The minimum atomic E-state index is -0.358. The van der Waals surface area contributed by atoms with E-state index in [4.69, 9.17) is 9.47 Å². The summed E-state index contributed by atoms with van der Waals surface area (Å²) in [6.07, 6.45) is 4.76. The topological polar surface area (TPSA) is 71.1 Å². The smallest absolute Gasteiger partial charge is 0.225 e. The number of carbonyl (C=O) groups is 2. The van der Waals surface area contributed by atoms with E-state index < -0.39 is 0 Å². The van der Waals surface area contributed by atoms with Crippen LogP contribution < -0.4 is 5.32 Å². The predicted octanol–water partition coefficient (Wildman–Crippen LogP) is 3.86. The summed E-state index contributed by atoms with van der Waals surface area (Å²) in [5.74, 6) is 0.124. The zero-order valence-corrected chi connectivity index (χ0v) is 24.0. The van der Waals surface area contributed by atoms with Crippen LogP contribution in [-0.4, -0.2) is 87.3 Å². The van der Waals surface area contributed by atoms with Gasteiger partial charge in [0.2, 0.25) is 11.8 Å². The first-order chi connectivity index (χ1) is 17.7. The monoisotopic (exact) mass is 515 g/mol. The van der Waals surface area contributed by atoms with Crippen molar-refractivity contribution in [2.24, 2.45) is 11.8 Å². The average Bonchev–Trinajstić information content (AvgIpc) is 3.55. The Balaban J connectivity index is 1.64. The highest BCUT2D eigenvalue weighted by molar-refractivity contribution is 5.80. The maximum atomic E-state index is 13.6. The van der Waals surface area contributed by atoms with Crippen molar-refractivity contribution in [1.82, 2.24) is 15.1 Å². The van der Waals surface area contributed by atoms with Gasteiger partial charge in [0, 0.05) is 38.8 Å². The van der Waals surface area contributed by atoms with E-state index in [2.05, 4.69) is 62.4 Å². The van der Waals surface area contributed by atoms with Gasteiger partial charge >= 0.3 is 0 Å². The second kappa shape index (κ2) is 13.2. The van der Waals surface area contributed by atoms with Crippen molar-refractivity contribution in [2.45, 2.75) is 89.0 Å². The molecule has 37 heavy (non-hydrogen) atoms. The van der Waals surface area contributed by atoms with E-state index in [1.807, 2.05) is 17.9 Å². The third-order valence-electron chi connectivity index (χ3n) is 8.90. The summed E-state index contributed by atoms with van der Waals surface area (Å²) in [6, 6.07) is 10.5. The molecule has 7 nitrogen and oxygen atoms in total. The molecule has 3 rings (SSSR count). The lowest BCUT2D eigenvalue weighted by Crippen LogP contribution is -2.52. The number of ether oxygens (including phenoxy) is 2. The van der Waals surface area contributed by atoms with Gasteiger partial charge < -0.3 is 24.6 Å². The summed E-state index contributed by atoms with van der Waals surface area (Å²) < 4.78 is 11.8. The second-order valence-electron chi connectivity index (χ2n) is 11.5. The van der Waals surface area contributed by atoms with Crippen LogP contribution in [0.2, 0.25) is 0 Å². The molecule has 1 aliphatic carbocycles. The number of likely N-dealkylation sites (N-methyl/N-ethyl adjacent to an activating group) is 1. The van der Waals surface area contributed by atoms with Crippen LogP contribution in [-0.2, 0) is 24.5 Å². The Hall–Kier alpha value is -1.96. The Morgan fingerprint density at radius 1 is 1.14 bits per heavy atom. The number of nitrogens with one attached hydrogen (secondary N) is 1. The van der Waals surface area contributed by atoms with E-state index in [-0.39, 0.29) is 47.4 Å². The van der Waals surface area contributed by atoms with Gasteiger partial charge in [0.1, 0.15) is 0 Å². The highest BCUT2D eigenvalue weighted by Gasteiger charge is 2.45.